The Kier molecular flexibility index (Phi) is 2.94. The van der Waals surface area contributed by atoms with Crippen LogP contribution in [-0.4, -0.2) is 6.04 Å². The summed E-state index contributed by atoms with van der Waals surface area (Å²) in [7, 11) is 0. The maximum Gasteiger partial charge on any atom is 0.0138 e. The van der Waals surface area contributed by atoms with E-state index in [9.17, 15) is 0 Å². The molecule has 2 aromatic rings. The Bertz CT molecular complexity index is 505. The fourth-order valence-electron chi connectivity index (χ4n) is 3.28. The molecule has 1 aliphatic carbocycles. The lowest BCUT2D eigenvalue weighted by atomic mass is 9.84. The van der Waals surface area contributed by atoms with Crippen LogP contribution in [0.4, 0.5) is 0 Å². The number of rotatable bonds is 3. The summed E-state index contributed by atoms with van der Waals surface area (Å²) in [5.41, 5.74) is 9.30. The second kappa shape index (κ2) is 4.50. The predicted octanol–water partition coefficient (Wildman–Crippen LogP) is 3.80. The van der Waals surface area contributed by atoms with Crippen molar-refractivity contribution in [2.45, 2.75) is 25.8 Å². The lowest BCUT2D eigenvalue weighted by molar-refractivity contribution is 0.518. The molecule has 0 amide bonds. The molecule has 0 bridgehead atoms. The van der Waals surface area contributed by atoms with E-state index in [0.717, 1.165) is 0 Å². The van der Waals surface area contributed by atoms with Gasteiger partial charge in [-0.15, -0.1) is 0 Å². The highest BCUT2D eigenvalue weighted by molar-refractivity contribution is 5.38. The van der Waals surface area contributed by atoms with Crippen molar-refractivity contribution >= 4 is 0 Å². The molecule has 1 saturated carbocycles. The van der Waals surface area contributed by atoms with Crippen molar-refractivity contribution < 1.29 is 0 Å². The average molecular weight is 251 g/mol. The molecule has 1 heteroatoms. The summed E-state index contributed by atoms with van der Waals surface area (Å²) >= 11 is 0. The van der Waals surface area contributed by atoms with E-state index in [2.05, 4.69) is 74.5 Å². The first kappa shape index (κ1) is 12.4. The maximum absolute atomic E-state index is 6.32. The molecule has 1 fully saturated rings. The molecular formula is C18H21N. The van der Waals surface area contributed by atoms with Crippen LogP contribution >= 0.6 is 0 Å². The van der Waals surface area contributed by atoms with Crippen molar-refractivity contribution in [3.8, 4) is 0 Å². The fraction of sp³-hybridized carbons (Fsp3) is 0.333. The first-order valence-electron chi connectivity index (χ1n) is 6.98. The van der Waals surface area contributed by atoms with Gasteiger partial charge in [-0.25, -0.2) is 0 Å². The van der Waals surface area contributed by atoms with E-state index >= 15 is 0 Å². The molecule has 1 aliphatic rings. The second-order valence-corrected chi connectivity index (χ2v) is 6.17. The van der Waals surface area contributed by atoms with Crippen LogP contribution < -0.4 is 5.73 Å². The molecule has 2 aromatic carbocycles. The van der Waals surface area contributed by atoms with Gasteiger partial charge in [0, 0.05) is 12.0 Å². The Labute approximate surface area is 115 Å². The van der Waals surface area contributed by atoms with Gasteiger partial charge < -0.3 is 5.73 Å². The van der Waals surface area contributed by atoms with Crippen molar-refractivity contribution in [2.75, 3.05) is 0 Å². The highest BCUT2D eigenvalue weighted by atomic mass is 14.8. The molecule has 0 aromatic heterocycles. The van der Waals surface area contributed by atoms with E-state index in [-0.39, 0.29) is 11.5 Å². The van der Waals surface area contributed by atoms with Crippen LogP contribution in [0.15, 0.2) is 60.7 Å². The molecule has 0 aliphatic heterocycles. The van der Waals surface area contributed by atoms with Gasteiger partial charge in [-0.2, -0.15) is 0 Å². The molecule has 98 valence electrons. The molecule has 3 rings (SSSR count). The van der Waals surface area contributed by atoms with Crippen molar-refractivity contribution in [1.82, 2.24) is 0 Å². The van der Waals surface area contributed by atoms with Crippen LogP contribution in [0.2, 0.25) is 0 Å². The van der Waals surface area contributed by atoms with Crippen LogP contribution in [0.5, 0.6) is 0 Å². The van der Waals surface area contributed by atoms with E-state index in [1.807, 2.05) is 0 Å². The Hall–Kier alpha value is -1.60. The topological polar surface area (TPSA) is 26.0 Å². The summed E-state index contributed by atoms with van der Waals surface area (Å²) in [5.74, 6) is 0.935. The molecule has 2 N–H and O–H groups in total. The monoisotopic (exact) mass is 251 g/mol. The molecule has 0 unspecified atom stereocenters. The number of hydrogen-bond acceptors (Lipinski definition) is 1. The van der Waals surface area contributed by atoms with Gasteiger partial charge in [-0.3, -0.25) is 0 Å². The average Bonchev–Trinajstić information content (AvgIpc) is 2.92. The number of nitrogens with two attached hydrogens (primary N) is 1. The Balaban J connectivity index is 2.03. The molecular weight excluding hydrogens is 230 g/mol. The quantitative estimate of drug-likeness (QED) is 0.882. The minimum atomic E-state index is 0.232. The van der Waals surface area contributed by atoms with Crippen LogP contribution in [-0.2, 0) is 0 Å². The van der Waals surface area contributed by atoms with Crippen LogP contribution in [0.25, 0.3) is 0 Å². The van der Waals surface area contributed by atoms with E-state index in [0.29, 0.717) is 11.8 Å². The van der Waals surface area contributed by atoms with E-state index in [1.54, 1.807) is 0 Å². The Morgan fingerprint density at radius 1 is 0.842 bits per heavy atom. The summed E-state index contributed by atoms with van der Waals surface area (Å²) in [5, 5.41) is 0. The van der Waals surface area contributed by atoms with E-state index < -0.39 is 0 Å². The lowest BCUT2D eigenvalue weighted by Crippen LogP contribution is -2.11. The second-order valence-electron chi connectivity index (χ2n) is 6.17. The smallest absolute Gasteiger partial charge is 0.0138 e. The van der Waals surface area contributed by atoms with Crippen LogP contribution in [0.1, 0.15) is 30.9 Å². The van der Waals surface area contributed by atoms with Gasteiger partial charge in [0.25, 0.3) is 0 Å². The third kappa shape index (κ3) is 2.08. The molecule has 0 spiro atoms. The number of hydrogen-bond donors (Lipinski definition) is 1. The molecule has 0 saturated heterocycles. The minimum Gasteiger partial charge on any atom is -0.327 e. The standard InChI is InChI=1S/C18H21N/c1-18(2)16(17(18)19)15(13-9-5-3-6-10-13)14-11-7-4-8-12-14/h3-12,15-17H,19H2,1-2H3/t16-,17-/m1/s1. The van der Waals surface area contributed by atoms with Gasteiger partial charge in [0.2, 0.25) is 0 Å². The van der Waals surface area contributed by atoms with Gasteiger partial charge in [0.15, 0.2) is 0 Å². The van der Waals surface area contributed by atoms with E-state index in [1.165, 1.54) is 11.1 Å². The zero-order valence-corrected chi connectivity index (χ0v) is 11.6. The first-order chi connectivity index (χ1) is 9.12. The molecule has 0 heterocycles. The Morgan fingerprint density at radius 2 is 1.21 bits per heavy atom. The SMILES string of the molecule is CC1(C)[C@H](N)[C@H]1C(c1ccccc1)c1ccccc1. The minimum absolute atomic E-state index is 0.232. The van der Waals surface area contributed by atoms with Crippen LogP contribution in [0.3, 0.4) is 0 Å². The van der Waals surface area contributed by atoms with Crippen LogP contribution in [0, 0.1) is 11.3 Å². The Morgan fingerprint density at radius 3 is 1.53 bits per heavy atom. The molecule has 19 heavy (non-hydrogen) atoms. The van der Waals surface area contributed by atoms with Crippen molar-refractivity contribution in [3.63, 3.8) is 0 Å². The van der Waals surface area contributed by atoms with Gasteiger partial charge in [-0.05, 0) is 22.5 Å². The highest BCUT2D eigenvalue weighted by Crippen LogP contribution is 2.59. The van der Waals surface area contributed by atoms with E-state index in [4.69, 9.17) is 5.73 Å². The van der Waals surface area contributed by atoms with Crippen molar-refractivity contribution in [1.29, 1.82) is 0 Å². The predicted molar refractivity (Wildman–Crippen MR) is 80.0 cm³/mol. The van der Waals surface area contributed by atoms with Crippen molar-refractivity contribution in [3.05, 3.63) is 71.8 Å². The maximum atomic E-state index is 6.32. The van der Waals surface area contributed by atoms with Gasteiger partial charge in [-0.1, -0.05) is 74.5 Å². The zero-order chi connectivity index (χ0) is 13.5. The largest absolute Gasteiger partial charge is 0.327 e. The molecule has 2 atom stereocenters. The lowest BCUT2D eigenvalue weighted by Gasteiger charge is -2.19. The van der Waals surface area contributed by atoms with Gasteiger partial charge >= 0.3 is 0 Å². The normalized spacial score (nSPS) is 24.4. The summed E-state index contributed by atoms with van der Waals surface area (Å²) < 4.78 is 0. The zero-order valence-electron chi connectivity index (χ0n) is 11.6. The summed E-state index contributed by atoms with van der Waals surface area (Å²) in [6.45, 7) is 4.56. The third-order valence-electron chi connectivity index (χ3n) is 4.67. The first-order valence-corrected chi connectivity index (χ1v) is 6.98. The van der Waals surface area contributed by atoms with Gasteiger partial charge in [0.05, 0.1) is 0 Å². The van der Waals surface area contributed by atoms with Crippen molar-refractivity contribution in [2.24, 2.45) is 17.1 Å². The summed E-state index contributed by atoms with van der Waals surface area (Å²) in [6, 6.07) is 21.8. The summed E-state index contributed by atoms with van der Waals surface area (Å²) in [4.78, 5) is 0. The third-order valence-corrected chi connectivity index (χ3v) is 4.67. The molecule has 1 nitrogen and oxygen atoms in total. The fourth-order valence-corrected chi connectivity index (χ4v) is 3.28. The number of benzene rings is 2. The molecule has 0 radical (unpaired) electrons. The highest BCUT2D eigenvalue weighted by Gasteiger charge is 2.59. The van der Waals surface area contributed by atoms with Gasteiger partial charge in [0.1, 0.15) is 0 Å². The summed E-state index contributed by atoms with van der Waals surface area (Å²) in [6.07, 6.45) is 0.